The van der Waals surface area contributed by atoms with Crippen LogP contribution in [0.5, 0.6) is 5.88 Å². The van der Waals surface area contributed by atoms with Crippen LogP contribution in [0, 0.1) is 0 Å². The number of benzene rings is 2. The molecule has 33 heavy (non-hydrogen) atoms. The number of imidazole rings is 1. The smallest absolute Gasteiger partial charge is 0.388 e. The van der Waals surface area contributed by atoms with Crippen LogP contribution in [0.4, 0.5) is 22.1 Å². The summed E-state index contributed by atoms with van der Waals surface area (Å²) in [6.45, 7) is 4.14. The number of ether oxygens (including phenoxy) is 1. The van der Waals surface area contributed by atoms with Crippen LogP contribution in [0.25, 0.3) is 11.2 Å². The number of nitrogens with one attached hydrogen (secondary N) is 1. The average Bonchev–Trinajstić information content (AvgIpc) is 3.22. The standard InChI is InChI=1S/C24H24N6O3/c1-3-4-15-29-16-25-20-21(29)27-23(26-17(2)31)28-22(20)33-24(32)30(18-11-7-5-8-12-18)19-13-9-6-10-14-19/h5-14,16H,3-4,15H2,1-2H3,(H,26,27,28,31). The molecule has 0 aliphatic heterocycles. The fraction of sp³-hybridized carbons (Fsp3) is 0.208. The average molecular weight is 444 g/mol. The number of anilines is 3. The van der Waals surface area contributed by atoms with Crippen LogP contribution in [0.15, 0.2) is 67.0 Å². The molecule has 168 valence electrons. The maximum atomic E-state index is 13.4. The number of aryl methyl sites for hydroxylation is 1. The Morgan fingerprint density at radius 2 is 1.64 bits per heavy atom. The van der Waals surface area contributed by atoms with Crippen LogP contribution in [0.1, 0.15) is 26.7 Å². The van der Waals surface area contributed by atoms with Crippen LogP contribution in [-0.2, 0) is 11.3 Å². The Morgan fingerprint density at radius 1 is 1.00 bits per heavy atom. The number of hydrogen-bond donors (Lipinski definition) is 1. The molecule has 2 heterocycles. The summed E-state index contributed by atoms with van der Waals surface area (Å²) in [4.78, 5) is 39.5. The van der Waals surface area contributed by atoms with Gasteiger partial charge in [-0.05, 0) is 30.7 Å². The Kier molecular flexibility index (Phi) is 6.58. The zero-order chi connectivity index (χ0) is 23.2. The topological polar surface area (TPSA) is 102 Å². The van der Waals surface area contributed by atoms with E-state index in [2.05, 4.69) is 27.2 Å². The van der Waals surface area contributed by atoms with E-state index in [4.69, 9.17) is 4.74 Å². The second-order valence-electron chi connectivity index (χ2n) is 7.37. The summed E-state index contributed by atoms with van der Waals surface area (Å²) >= 11 is 0. The summed E-state index contributed by atoms with van der Waals surface area (Å²) in [7, 11) is 0. The summed E-state index contributed by atoms with van der Waals surface area (Å²) in [6, 6.07) is 18.3. The van der Waals surface area contributed by atoms with Crippen molar-refractivity contribution >= 4 is 40.5 Å². The lowest BCUT2D eigenvalue weighted by Gasteiger charge is -2.22. The maximum Gasteiger partial charge on any atom is 0.425 e. The number of unbranched alkanes of at least 4 members (excludes halogenated alkanes) is 1. The van der Waals surface area contributed by atoms with Crippen LogP contribution >= 0.6 is 0 Å². The molecule has 0 unspecified atom stereocenters. The number of rotatable bonds is 7. The van der Waals surface area contributed by atoms with Gasteiger partial charge in [0.05, 0.1) is 17.7 Å². The van der Waals surface area contributed by atoms with Crippen molar-refractivity contribution < 1.29 is 14.3 Å². The monoisotopic (exact) mass is 444 g/mol. The van der Waals surface area contributed by atoms with Crippen molar-refractivity contribution in [3.8, 4) is 5.88 Å². The Labute approximate surface area is 191 Å². The number of carbonyl (C=O) groups excluding carboxylic acids is 2. The first kappa shape index (κ1) is 21.9. The van der Waals surface area contributed by atoms with Gasteiger partial charge in [-0.1, -0.05) is 49.7 Å². The first-order valence-corrected chi connectivity index (χ1v) is 10.7. The number of fused-ring (bicyclic) bond motifs is 1. The fourth-order valence-corrected chi connectivity index (χ4v) is 3.34. The Morgan fingerprint density at radius 3 is 2.21 bits per heavy atom. The SMILES string of the molecule is CCCCn1cnc2c(OC(=O)N(c3ccccc3)c3ccccc3)nc(NC(C)=O)nc21. The van der Waals surface area contributed by atoms with Gasteiger partial charge in [0.15, 0.2) is 11.2 Å². The molecule has 2 aromatic heterocycles. The van der Waals surface area contributed by atoms with E-state index in [0.717, 1.165) is 12.8 Å². The molecule has 4 rings (SSSR count). The zero-order valence-corrected chi connectivity index (χ0v) is 18.4. The largest absolute Gasteiger partial charge is 0.425 e. The quantitative estimate of drug-likeness (QED) is 0.434. The highest BCUT2D eigenvalue weighted by Gasteiger charge is 2.24. The normalized spacial score (nSPS) is 10.7. The van der Waals surface area contributed by atoms with Crippen molar-refractivity contribution in [2.75, 3.05) is 10.2 Å². The minimum atomic E-state index is -0.663. The fourth-order valence-electron chi connectivity index (χ4n) is 3.34. The summed E-state index contributed by atoms with van der Waals surface area (Å²) < 4.78 is 7.60. The van der Waals surface area contributed by atoms with E-state index in [1.807, 2.05) is 65.2 Å². The molecule has 2 amide bonds. The summed E-state index contributed by atoms with van der Waals surface area (Å²) in [5.74, 6) is -0.315. The van der Waals surface area contributed by atoms with Gasteiger partial charge in [0.25, 0.3) is 5.88 Å². The molecule has 0 aliphatic carbocycles. The van der Waals surface area contributed by atoms with Crippen LogP contribution < -0.4 is 15.0 Å². The van der Waals surface area contributed by atoms with Gasteiger partial charge in [-0.3, -0.25) is 10.1 Å². The molecule has 2 aromatic carbocycles. The van der Waals surface area contributed by atoms with Gasteiger partial charge < -0.3 is 9.30 Å². The molecular formula is C24H24N6O3. The number of carbonyl (C=O) groups is 2. The van der Waals surface area contributed by atoms with Gasteiger partial charge in [-0.2, -0.15) is 9.97 Å². The van der Waals surface area contributed by atoms with Crippen molar-refractivity contribution in [1.29, 1.82) is 0 Å². The molecule has 9 heteroatoms. The minimum absolute atomic E-state index is 0.0270. The van der Waals surface area contributed by atoms with Crippen molar-refractivity contribution in [1.82, 2.24) is 19.5 Å². The van der Waals surface area contributed by atoms with Gasteiger partial charge in [0.2, 0.25) is 11.9 Å². The molecule has 0 radical (unpaired) electrons. The molecule has 9 nitrogen and oxygen atoms in total. The first-order chi connectivity index (χ1) is 16.1. The summed E-state index contributed by atoms with van der Waals surface area (Å²) in [5, 5.41) is 2.57. The summed E-state index contributed by atoms with van der Waals surface area (Å²) in [6.07, 6.45) is 2.89. The molecule has 0 saturated heterocycles. The van der Waals surface area contributed by atoms with Gasteiger partial charge in [0, 0.05) is 13.5 Å². The van der Waals surface area contributed by atoms with Crippen LogP contribution in [0.3, 0.4) is 0 Å². The van der Waals surface area contributed by atoms with E-state index in [1.165, 1.54) is 11.8 Å². The first-order valence-electron chi connectivity index (χ1n) is 10.7. The maximum absolute atomic E-state index is 13.4. The Balaban J connectivity index is 1.75. The number of nitrogens with zero attached hydrogens (tertiary/aromatic N) is 5. The number of aromatic nitrogens is 4. The van der Waals surface area contributed by atoms with Gasteiger partial charge in [0.1, 0.15) is 0 Å². The van der Waals surface area contributed by atoms with E-state index < -0.39 is 6.09 Å². The second kappa shape index (κ2) is 9.90. The molecule has 0 bridgehead atoms. The van der Waals surface area contributed by atoms with Crippen LogP contribution in [-0.4, -0.2) is 31.5 Å². The third kappa shape index (κ3) is 4.98. The number of para-hydroxylation sites is 2. The molecule has 4 aromatic rings. The summed E-state index contributed by atoms with van der Waals surface area (Å²) in [5.41, 5.74) is 2.09. The predicted molar refractivity (Wildman–Crippen MR) is 126 cm³/mol. The highest BCUT2D eigenvalue weighted by atomic mass is 16.6. The molecule has 0 spiro atoms. The van der Waals surface area contributed by atoms with Gasteiger partial charge in [-0.25, -0.2) is 14.7 Å². The minimum Gasteiger partial charge on any atom is -0.388 e. The van der Waals surface area contributed by atoms with Crippen molar-refractivity contribution in [3.05, 3.63) is 67.0 Å². The molecule has 1 N–H and O–H groups in total. The third-order valence-electron chi connectivity index (χ3n) is 4.87. The highest BCUT2D eigenvalue weighted by Crippen LogP contribution is 2.29. The molecule has 0 aliphatic rings. The van der Waals surface area contributed by atoms with Crippen molar-refractivity contribution in [3.63, 3.8) is 0 Å². The Bertz CT molecular complexity index is 1220. The number of hydrogen-bond acceptors (Lipinski definition) is 6. The van der Waals surface area contributed by atoms with E-state index in [1.54, 1.807) is 6.33 Å². The third-order valence-corrected chi connectivity index (χ3v) is 4.87. The lowest BCUT2D eigenvalue weighted by molar-refractivity contribution is -0.114. The van der Waals surface area contributed by atoms with Crippen molar-refractivity contribution in [2.45, 2.75) is 33.2 Å². The van der Waals surface area contributed by atoms with E-state index in [-0.39, 0.29) is 17.7 Å². The lowest BCUT2D eigenvalue weighted by atomic mass is 10.2. The molecular weight excluding hydrogens is 420 g/mol. The molecule has 0 fully saturated rings. The van der Waals surface area contributed by atoms with E-state index >= 15 is 0 Å². The van der Waals surface area contributed by atoms with Gasteiger partial charge in [-0.15, -0.1) is 0 Å². The molecule has 0 atom stereocenters. The zero-order valence-electron chi connectivity index (χ0n) is 18.4. The highest BCUT2D eigenvalue weighted by molar-refractivity contribution is 5.98. The van der Waals surface area contributed by atoms with Crippen LogP contribution in [0.2, 0.25) is 0 Å². The van der Waals surface area contributed by atoms with E-state index in [0.29, 0.717) is 29.1 Å². The van der Waals surface area contributed by atoms with Crippen molar-refractivity contribution in [2.24, 2.45) is 0 Å². The van der Waals surface area contributed by atoms with E-state index in [9.17, 15) is 9.59 Å². The Hall–Kier alpha value is -4.27. The number of amides is 2. The lowest BCUT2D eigenvalue weighted by Crippen LogP contribution is -2.29. The second-order valence-corrected chi connectivity index (χ2v) is 7.37. The predicted octanol–water partition coefficient (Wildman–Crippen LogP) is 4.92. The molecule has 0 saturated carbocycles. The van der Waals surface area contributed by atoms with Gasteiger partial charge >= 0.3 is 6.09 Å².